The molecule has 0 aromatic carbocycles. The molecule has 5 nitrogen and oxygen atoms in total. The monoisotopic (exact) mass is 475 g/mol. The van der Waals surface area contributed by atoms with Gasteiger partial charge in [0.05, 0.1) is 29.8 Å². The van der Waals surface area contributed by atoms with Crippen LogP contribution in [-0.2, 0) is 16.8 Å². The molecule has 0 radical (unpaired) electrons. The van der Waals surface area contributed by atoms with E-state index in [4.69, 9.17) is 0 Å². The van der Waals surface area contributed by atoms with Crippen LogP contribution in [0.3, 0.4) is 0 Å². The fourth-order valence-corrected chi connectivity index (χ4v) is 10.6. The van der Waals surface area contributed by atoms with E-state index in [1.165, 1.54) is 32.1 Å². The van der Waals surface area contributed by atoms with E-state index in [0.29, 0.717) is 36.0 Å². The second-order valence-electron chi connectivity index (χ2n) is 14.2. The van der Waals surface area contributed by atoms with E-state index in [0.717, 1.165) is 54.9 Å². The van der Waals surface area contributed by atoms with E-state index >= 15 is 0 Å². The van der Waals surface area contributed by atoms with Gasteiger partial charge < -0.3 is 5.11 Å². The van der Waals surface area contributed by atoms with Gasteiger partial charge in [0.1, 0.15) is 0 Å². The Bertz CT molecular complexity index is 1100. The van der Waals surface area contributed by atoms with Crippen LogP contribution in [0.2, 0.25) is 0 Å². The highest BCUT2D eigenvalue weighted by Crippen LogP contribution is 2.77. The summed E-state index contributed by atoms with van der Waals surface area (Å²) in [6.45, 7) is 7.27. The number of rotatable bonds is 4. The molecule has 0 amide bonds. The zero-order valence-electron chi connectivity index (χ0n) is 21.6. The highest BCUT2D eigenvalue weighted by molar-refractivity contribution is 5.83. The van der Waals surface area contributed by atoms with Crippen LogP contribution >= 0.6 is 0 Å². The lowest BCUT2D eigenvalue weighted by Gasteiger charge is -2.58. The highest BCUT2D eigenvalue weighted by Gasteiger charge is 2.74. The molecular weight excluding hydrogens is 434 g/mol. The lowest BCUT2D eigenvalue weighted by molar-refractivity contribution is -0.137. The van der Waals surface area contributed by atoms with Crippen LogP contribution in [0.15, 0.2) is 12.4 Å². The number of hydrogen-bond acceptors (Lipinski definition) is 4. The van der Waals surface area contributed by atoms with E-state index < -0.39 is 5.60 Å². The van der Waals surface area contributed by atoms with Crippen LogP contribution in [0.4, 0.5) is 0 Å². The zero-order chi connectivity index (χ0) is 24.3. The molecule has 11 atom stereocenters. The number of ketones is 1. The van der Waals surface area contributed by atoms with Crippen molar-refractivity contribution in [1.29, 1.82) is 5.26 Å². The number of nitrogens with zero attached hydrogens (tertiary/aromatic N) is 3. The Hall–Kier alpha value is -1.67. The first-order valence-corrected chi connectivity index (χ1v) is 14.4. The molecule has 5 heteroatoms. The third-order valence-electron chi connectivity index (χ3n) is 12.4. The molecule has 6 aliphatic carbocycles. The molecule has 6 aliphatic rings. The van der Waals surface area contributed by atoms with Gasteiger partial charge in [-0.1, -0.05) is 13.8 Å². The van der Waals surface area contributed by atoms with Gasteiger partial charge in [0, 0.05) is 17.7 Å². The average Bonchev–Trinajstić information content (AvgIpc) is 3.64. The number of aromatic nitrogens is 2. The topological polar surface area (TPSA) is 78.9 Å². The van der Waals surface area contributed by atoms with E-state index in [-0.39, 0.29) is 16.7 Å². The van der Waals surface area contributed by atoms with Crippen molar-refractivity contribution in [2.75, 3.05) is 0 Å². The molecule has 0 bridgehead atoms. The Kier molecular flexibility index (Phi) is 4.64. The summed E-state index contributed by atoms with van der Waals surface area (Å²) in [6.07, 6.45) is 13.8. The summed E-state index contributed by atoms with van der Waals surface area (Å²) >= 11 is 0. The first-order valence-electron chi connectivity index (χ1n) is 14.4. The quantitative estimate of drug-likeness (QED) is 0.655. The predicted molar refractivity (Wildman–Crippen MR) is 132 cm³/mol. The summed E-state index contributed by atoms with van der Waals surface area (Å²) in [5.41, 5.74) is 0.320. The minimum absolute atomic E-state index is 0.132. The number of aliphatic hydroxyl groups is 1. The number of nitriles is 1. The smallest absolute Gasteiger partial charge is 0.158 e. The molecule has 35 heavy (non-hydrogen) atoms. The molecule has 0 saturated heterocycles. The normalized spacial score (nSPS) is 50.8. The molecule has 188 valence electrons. The van der Waals surface area contributed by atoms with Gasteiger partial charge in [-0.25, -0.2) is 0 Å². The van der Waals surface area contributed by atoms with Crippen molar-refractivity contribution in [3.05, 3.63) is 18.0 Å². The molecular formula is C30H41N3O2. The van der Waals surface area contributed by atoms with Crippen LogP contribution in [0.25, 0.3) is 0 Å². The fourth-order valence-electron chi connectivity index (χ4n) is 10.6. The molecule has 1 aromatic heterocycles. The minimum Gasteiger partial charge on any atom is -0.390 e. The van der Waals surface area contributed by atoms with Crippen molar-refractivity contribution >= 4 is 5.78 Å². The lowest BCUT2D eigenvalue weighted by atomic mass is 9.47. The van der Waals surface area contributed by atoms with Gasteiger partial charge in [-0.2, -0.15) is 10.4 Å². The molecule has 0 aliphatic heterocycles. The standard InChI is InChI=1S/C30H41N3O2/c1-17-24-25(17)27(23(34)15-33-14-19(13-32-33)30(16-31)10-11-30)29(3)9-7-21-20-6-8-28(2,35)12-18(20)4-5-22(21)26(24)29/h13-14,17-18,20-22,24-27,35H,4-12,15H2,1-3H3/t17-,18+,20-,21?,22+,24+,25-,26?,27-,28+,29-/m0/s1. The van der Waals surface area contributed by atoms with Crippen LogP contribution in [-0.4, -0.2) is 26.3 Å². The van der Waals surface area contributed by atoms with Gasteiger partial charge in [0.15, 0.2) is 5.78 Å². The Morgan fingerprint density at radius 1 is 1.11 bits per heavy atom. The number of Topliss-reactive ketones (excluding diaryl/α,β-unsaturated/α-hetero) is 1. The molecule has 2 unspecified atom stereocenters. The summed E-state index contributed by atoms with van der Waals surface area (Å²) in [4.78, 5) is 13.9. The van der Waals surface area contributed by atoms with Crippen LogP contribution in [0.5, 0.6) is 0 Å². The molecule has 7 rings (SSSR count). The largest absolute Gasteiger partial charge is 0.390 e. The van der Waals surface area contributed by atoms with Crippen molar-refractivity contribution in [2.45, 2.75) is 96.1 Å². The van der Waals surface area contributed by atoms with Crippen molar-refractivity contribution in [1.82, 2.24) is 9.78 Å². The summed E-state index contributed by atoms with van der Waals surface area (Å²) in [5, 5.41) is 24.7. The number of carbonyl (C=O) groups excluding carboxylic acids is 1. The Balaban J connectivity index is 1.12. The Morgan fingerprint density at radius 3 is 2.63 bits per heavy atom. The van der Waals surface area contributed by atoms with Crippen molar-refractivity contribution in [3.63, 3.8) is 0 Å². The number of fused-ring (bicyclic) bond motifs is 7. The maximum atomic E-state index is 13.9. The van der Waals surface area contributed by atoms with Gasteiger partial charge >= 0.3 is 0 Å². The third kappa shape index (κ3) is 3.14. The van der Waals surface area contributed by atoms with Gasteiger partial charge in [-0.3, -0.25) is 9.48 Å². The molecule has 1 heterocycles. The zero-order valence-corrected chi connectivity index (χ0v) is 21.6. The second-order valence-corrected chi connectivity index (χ2v) is 14.2. The molecule has 1 N–H and O–H groups in total. The average molecular weight is 476 g/mol. The maximum absolute atomic E-state index is 13.9. The van der Waals surface area contributed by atoms with E-state index in [1.54, 1.807) is 0 Å². The highest BCUT2D eigenvalue weighted by atomic mass is 16.3. The molecule has 0 spiro atoms. The van der Waals surface area contributed by atoms with Crippen LogP contribution < -0.4 is 0 Å². The Morgan fingerprint density at radius 2 is 1.89 bits per heavy atom. The molecule has 6 fully saturated rings. The summed E-state index contributed by atoms with van der Waals surface area (Å²) in [5.74, 6) is 6.27. The van der Waals surface area contributed by atoms with Crippen LogP contribution in [0.1, 0.15) is 84.1 Å². The van der Waals surface area contributed by atoms with Gasteiger partial charge in [0.2, 0.25) is 0 Å². The van der Waals surface area contributed by atoms with E-state index in [9.17, 15) is 15.2 Å². The van der Waals surface area contributed by atoms with Crippen molar-refractivity contribution in [3.8, 4) is 6.07 Å². The van der Waals surface area contributed by atoms with Crippen molar-refractivity contribution < 1.29 is 9.90 Å². The maximum Gasteiger partial charge on any atom is 0.158 e. The van der Waals surface area contributed by atoms with Gasteiger partial charge in [0.25, 0.3) is 0 Å². The van der Waals surface area contributed by atoms with Crippen LogP contribution in [0, 0.1) is 70.0 Å². The summed E-state index contributed by atoms with van der Waals surface area (Å²) in [7, 11) is 0. The van der Waals surface area contributed by atoms with E-state index in [1.807, 2.05) is 24.0 Å². The summed E-state index contributed by atoms with van der Waals surface area (Å²) in [6, 6.07) is 2.45. The van der Waals surface area contributed by atoms with Gasteiger partial charge in [-0.05, 0) is 117 Å². The third-order valence-corrected chi connectivity index (χ3v) is 12.4. The Labute approximate surface area is 209 Å². The summed E-state index contributed by atoms with van der Waals surface area (Å²) < 4.78 is 1.82. The SMILES string of the molecule is C[C@H]1[C@H]2C3[C@@H]4CC[C@@H]5C[C@](C)(O)CC[C@@H]5C4CC[C@]3(C)[C@@H](C(=O)Cn3cc(C4(C#N)CC4)cn3)[C@@H]12. The lowest BCUT2D eigenvalue weighted by Crippen LogP contribution is -2.52. The number of carbonyl (C=O) groups is 1. The van der Waals surface area contributed by atoms with E-state index in [2.05, 4.69) is 25.0 Å². The molecule has 1 aromatic rings. The van der Waals surface area contributed by atoms with Gasteiger partial charge in [-0.15, -0.1) is 0 Å². The second kappa shape index (κ2) is 7.21. The number of hydrogen-bond donors (Lipinski definition) is 1. The minimum atomic E-state index is -0.461. The first-order chi connectivity index (χ1) is 16.7. The molecule has 6 saturated carbocycles. The first kappa shape index (κ1) is 22.5. The predicted octanol–water partition coefficient (Wildman–Crippen LogP) is 5.13. The van der Waals surface area contributed by atoms with Crippen molar-refractivity contribution in [2.24, 2.45) is 58.7 Å². The fraction of sp³-hybridized carbons (Fsp3) is 0.833.